The van der Waals surface area contributed by atoms with E-state index >= 15 is 0 Å². The Balaban J connectivity index is 2.12. The molecule has 0 aliphatic heterocycles. The molecule has 1 rings (SSSR count). The summed E-state index contributed by atoms with van der Waals surface area (Å²) < 4.78 is 4.76. The van der Waals surface area contributed by atoms with Gasteiger partial charge in [0.25, 0.3) is 0 Å². The van der Waals surface area contributed by atoms with Crippen LogP contribution in [0.2, 0.25) is 0 Å². The van der Waals surface area contributed by atoms with Crippen molar-refractivity contribution in [1.29, 1.82) is 0 Å². The topological polar surface area (TPSA) is 58.6 Å². The second-order valence-corrected chi connectivity index (χ2v) is 4.29. The van der Waals surface area contributed by atoms with E-state index in [-0.39, 0.29) is 5.92 Å². The molecule has 17 heavy (non-hydrogen) atoms. The fourth-order valence-corrected chi connectivity index (χ4v) is 2.05. The molecule has 1 aliphatic rings. The highest BCUT2D eigenvalue weighted by Gasteiger charge is 2.25. The van der Waals surface area contributed by atoms with Crippen LogP contribution < -0.4 is 5.32 Å². The van der Waals surface area contributed by atoms with Gasteiger partial charge in [0.05, 0.1) is 19.3 Å². The number of allylic oxidation sites excluding steroid dienone is 2. The van der Waals surface area contributed by atoms with Gasteiger partial charge >= 0.3 is 5.97 Å². The molecule has 4 nitrogen and oxygen atoms in total. The molecule has 1 fully saturated rings. The van der Waals surface area contributed by atoms with Crippen LogP contribution in [0, 0.1) is 5.92 Å². The van der Waals surface area contributed by atoms with Crippen molar-refractivity contribution in [3.05, 3.63) is 24.5 Å². The molecule has 0 aromatic heterocycles. The van der Waals surface area contributed by atoms with E-state index in [0.717, 1.165) is 32.2 Å². The van der Waals surface area contributed by atoms with Crippen LogP contribution in [0.5, 0.6) is 0 Å². The summed E-state index contributed by atoms with van der Waals surface area (Å²) in [6.07, 6.45) is 10.9. The maximum absolute atomic E-state index is 10.8. The summed E-state index contributed by atoms with van der Waals surface area (Å²) >= 11 is 0. The molecule has 0 spiro atoms. The van der Waals surface area contributed by atoms with Gasteiger partial charge in [0.2, 0.25) is 0 Å². The van der Waals surface area contributed by atoms with Gasteiger partial charge in [-0.05, 0) is 31.8 Å². The highest BCUT2D eigenvalue weighted by molar-refractivity contribution is 5.70. The molecule has 0 aromatic carbocycles. The van der Waals surface area contributed by atoms with Crippen molar-refractivity contribution in [2.45, 2.75) is 31.7 Å². The molecule has 0 unspecified atom stereocenters. The predicted molar refractivity (Wildman–Crippen MR) is 66.7 cm³/mol. The number of rotatable bonds is 6. The first kappa shape index (κ1) is 13.8. The van der Waals surface area contributed by atoms with Crippen LogP contribution >= 0.6 is 0 Å². The lowest BCUT2D eigenvalue weighted by molar-refractivity contribution is -0.142. The second kappa shape index (κ2) is 7.90. The van der Waals surface area contributed by atoms with E-state index in [1.807, 2.05) is 18.2 Å². The Morgan fingerprint density at radius 2 is 2.06 bits per heavy atom. The summed E-state index contributed by atoms with van der Waals surface area (Å²) in [5, 5.41) is 12.3. The van der Waals surface area contributed by atoms with Crippen molar-refractivity contribution in [1.82, 2.24) is 5.32 Å². The van der Waals surface area contributed by atoms with E-state index in [9.17, 15) is 4.79 Å². The van der Waals surface area contributed by atoms with E-state index in [1.54, 1.807) is 13.4 Å². The van der Waals surface area contributed by atoms with Gasteiger partial charge in [0, 0.05) is 12.6 Å². The number of carboxylic acid groups (broad SMARTS) is 1. The minimum Gasteiger partial charge on any atom is -0.504 e. The summed E-state index contributed by atoms with van der Waals surface area (Å²) in [5.74, 6) is -0.777. The number of carboxylic acids is 1. The average Bonchev–Trinajstić information content (AvgIpc) is 2.34. The average molecular weight is 239 g/mol. The lowest BCUT2D eigenvalue weighted by Gasteiger charge is -2.26. The summed E-state index contributed by atoms with van der Waals surface area (Å²) in [6.45, 7) is 0.816. The monoisotopic (exact) mass is 239 g/mol. The Bertz CT molecular complexity index is 278. The minimum atomic E-state index is -0.645. The van der Waals surface area contributed by atoms with Crippen LogP contribution in [-0.2, 0) is 9.53 Å². The molecular formula is C13H21NO3. The third kappa shape index (κ3) is 5.54. The molecule has 0 amide bonds. The fourth-order valence-electron chi connectivity index (χ4n) is 2.05. The Morgan fingerprint density at radius 1 is 1.35 bits per heavy atom. The third-order valence-corrected chi connectivity index (χ3v) is 3.06. The van der Waals surface area contributed by atoms with Crippen LogP contribution in [0.15, 0.2) is 24.5 Å². The summed E-state index contributed by atoms with van der Waals surface area (Å²) in [5.41, 5.74) is 0. The van der Waals surface area contributed by atoms with E-state index in [1.165, 1.54) is 0 Å². The normalized spacial score (nSPS) is 25.5. The largest absolute Gasteiger partial charge is 0.504 e. The Morgan fingerprint density at radius 3 is 2.65 bits per heavy atom. The zero-order chi connectivity index (χ0) is 12.5. The molecule has 4 heteroatoms. The smallest absolute Gasteiger partial charge is 0.306 e. The first-order valence-electron chi connectivity index (χ1n) is 6.04. The maximum atomic E-state index is 10.8. The van der Waals surface area contributed by atoms with Crippen molar-refractivity contribution in [2.75, 3.05) is 13.7 Å². The highest BCUT2D eigenvalue weighted by atomic mass is 16.5. The van der Waals surface area contributed by atoms with Crippen molar-refractivity contribution in [3.8, 4) is 0 Å². The molecule has 1 aliphatic carbocycles. The fraction of sp³-hybridized carbons (Fsp3) is 0.615. The molecule has 1 saturated carbocycles. The van der Waals surface area contributed by atoms with Crippen LogP contribution in [0.1, 0.15) is 25.7 Å². The first-order chi connectivity index (χ1) is 8.24. The second-order valence-electron chi connectivity index (χ2n) is 4.29. The van der Waals surface area contributed by atoms with Gasteiger partial charge in [0.1, 0.15) is 0 Å². The minimum absolute atomic E-state index is 0.131. The standard InChI is InChI=1S/C13H21NO3/c1-17-10-4-2-3-9-14-12-7-5-11(6-8-12)13(15)16/h2-4,10-12,14H,5-9H2,1H3,(H,15,16)/b3-2+,10-4-. The van der Waals surface area contributed by atoms with Gasteiger partial charge in [-0.1, -0.05) is 12.2 Å². The van der Waals surface area contributed by atoms with Crippen LogP contribution in [-0.4, -0.2) is 30.8 Å². The molecule has 0 radical (unpaired) electrons. The van der Waals surface area contributed by atoms with E-state index in [4.69, 9.17) is 9.84 Å². The summed E-state index contributed by atoms with van der Waals surface area (Å²) in [6, 6.07) is 0.460. The van der Waals surface area contributed by atoms with Gasteiger partial charge in [-0.25, -0.2) is 0 Å². The third-order valence-electron chi connectivity index (χ3n) is 3.06. The zero-order valence-electron chi connectivity index (χ0n) is 10.3. The molecule has 0 heterocycles. The number of hydrogen-bond donors (Lipinski definition) is 2. The van der Waals surface area contributed by atoms with Crippen LogP contribution in [0.4, 0.5) is 0 Å². The molecule has 2 N–H and O–H groups in total. The van der Waals surface area contributed by atoms with Crippen molar-refractivity contribution < 1.29 is 14.6 Å². The number of methoxy groups -OCH3 is 1. The van der Waals surface area contributed by atoms with Gasteiger partial charge < -0.3 is 15.2 Å². The lowest BCUT2D eigenvalue weighted by atomic mass is 9.86. The Labute approximate surface area is 102 Å². The van der Waals surface area contributed by atoms with Crippen molar-refractivity contribution in [2.24, 2.45) is 5.92 Å². The molecule has 0 saturated heterocycles. The van der Waals surface area contributed by atoms with Crippen LogP contribution in [0.3, 0.4) is 0 Å². The quantitative estimate of drug-likeness (QED) is 0.549. The summed E-state index contributed by atoms with van der Waals surface area (Å²) in [7, 11) is 1.61. The number of ether oxygens (including phenoxy) is 1. The van der Waals surface area contributed by atoms with Crippen LogP contribution in [0.25, 0.3) is 0 Å². The molecule has 0 bridgehead atoms. The van der Waals surface area contributed by atoms with E-state index in [2.05, 4.69) is 5.32 Å². The van der Waals surface area contributed by atoms with Gasteiger partial charge in [-0.2, -0.15) is 0 Å². The van der Waals surface area contributed by atoms with E-state index in [0.29, 0.717) is 6.04 Å². The summed E-state index contributed by atoms with van der Waals surface area (Å²) in [4.78, 5) is 10.8. The van der Waals surface area contributed by atoms with Gasteiger partial charge in [-0.15, -0.1) is 0 Å². The SMILES string of the molecule is CO/C=C\C=C\CNC1CCC(C(=O)O)CC1. The molecule has 96 valence electrons. The van der Waals surface area contributed by atoms with E-state index < -0.39 is 5.97 Å². The number of aliphatic carboxylic acids is 1. The number of carbonyl (C=O) groups is 1. The van der Waals surface area contributed by atoms with Gasteiger partial charge in [-0.3, -0.25) is 4.79 Å². The van der Waals surface area contributed by atoms with Gasteiger partial charge in [0.15, 0.2) is 0 Å². The Hall–Kier alpha value is -1.29. The molecular weight excluding hydrogens is 218 g/mol. The first-order valence-corrected chi connectivity index (χ1v) is 6.04. The zero-order valence-corrected chi connectivity index (χ0v) is 10.3. The Kier molecular flexibility index (Phi) is 6.40. The molecule has 0 aromatic rings. The lowest BCUT2D eigenvalue weighted by Crippen LogP contribution is -2.34. The number of hydrogen-bond acceptors (Lipinski definition) is 3. The van der Waals surface area contributed by atoms with Crippen molar-refractivity contribution in [3.63, 3.8) is 0 Å². The van der Waals surface area contributed by atoms with Crippen molar-refractivity contribution >= 4 is 5.97 Å². The maximum Gasteiger partial charge on any atom is 0.306 e. The number of nitrogens with one attached hydrogen (secondary N) is 1. The highest BCUT2D eigenvalue weighted by Crippen LogP contribution is 2.24. The molecule has 0 atom stereocenters. The predicted octanol–water partition coefficient (Wildman–Crippen LogP) is 1.94.